The van der Waals surface area contributed by atoms with Gasteiger partial charge in [0.15, 0.2) is 0 Å². The second kappa shape index (κ2) is 7.88. The molecule has 2 N–H and O–H groups in total. The van der Waals surface area contributed by atoms with Crippen LogP contribution in [0.2, 0.25) is 0 Å². The lowest BCUT2D eigenvalue weighted by atomic mass is 10.2. The van der Waals surface area contributed by atoms with Crippen LogP contribution in [0.1, 0.15) is 13.3 Å². The number of carbonyl (C=O) groups excluding carboxylic acids is 1. The number of ether oxygens (including phenoxy) is 2. The Bertz CT molecular complexity index is 285. The Kier molecular flexibility index (Phi) is 6.45. The maximum atomic E-state index is 11.7. The molecule has 1 heterocycles. The van der Waals surface area contributed by atoms with E-state index in [0.29, 0.717) is 26.2 Å². The SMILES string of the molecule is CCC1CN(C(=O)NCCOCC(=O)O)CCO1. The highest BCUT2D eigenvalue weighted by Gasteiger charge is 2.22. The molecule has 0 aromatic heterocycles. The fraction of sp³-hybridized carbons (Fsp3) is 0.818. The van der Waals surface area contributed by atoms with Crippen LogP contribution >= 0.6 is 0 Å². The molecule has 0 aromatic rings. The summed E-state index contributed by atoms with van der Waals surface area (Å²) in [6, 6.07) is -0.157. The molecule has 0 bridgehead atoms. The molecule has 0 radical (unpaired) electrons. The Morgan fingerprint density at radius 2 is 2.33 bits per heavy atom. The van der Waals surface area contributed by atoms with Crippen molar-refractivity contribution >= 4 is 12.0 Å². The molecule has 1 aliphatic heterocycles. The number of carboxylic acid groups (broad SMARTS) is 1. The molecule has 0 aliphatic carbocycles. The standard InChI is InChI=1S/C11H20N2O5/c1-2-9-7-13(4-6-18-9)11(16)12-3-5-17-8-10(14)15/h9H,2-8H2,1H3,(H,12,16)(H,14,15). The van der Waals surface area contributed by atoms with Crippen molar-refractivity contribution in [3.63, 3.8) is 0 Å². The number of aliphatic carboxylic acids is 1. The van der Waals surface area contributed by atoms with E-state index in [2.05, 4.69) is 5.32 Å². The highest BCUT2D eigenvalue weighted by atomic mass is 16.5. The summed E-state index contributed by atoms with van der Waals surface area (Å²) >= 11 is 0. The normalized spacial score (nSPS) is 19.6. The first-order valence-corrected chi connectivity index (χ1v) is 6.07. The van der Waals surface area contributed by atoms with Crippen molar-refractivity contribution in [1.29, 1.82) is 0 Å². The number of carbonyl (C=O) groups is 2. The van der Waals surface area contributed by atoms with Crippen molar-refractivity contribution in [3.8, 4) is 0 Å². The van der Waals surface area contributed by atoms with Gasteiger partial charge in [0.05, 0.1) is 19.3 Å². The summed E-state index contributed by atoms with van der Waals surface area (Å²) in [7, 11) is 0. The number of morpholine rings is 1. The average molecular weight is 260 g/mol. The van der Waals surface area contributed by atoms with E-state index in [1.807, 2.05) is 6.92 Å². The molecule has 0 aromatic carbocycles. The van der Waals surface area contributed by atoms with Gasteiger partial charge in [-0.3, -0.25) is 0 Å². The monoisotopic (exact) mass is 260 g/mol. The summed E-state index contributed by atoms with van der Waals surface area (Å²) in [4.78, 5) is 23.6. The van der Waals surface area contributed by atoms with E-state index in [-0.39, 0.29) is 25.3 Å². The molecule has 18 heavy (non-hydrogen) atoms. The maximum absolute atomic E-state index is 11.7. The molecule has 1 atom stereocenters. The summed E-state index contributed by atoms with van der Waals surface area (Å²) in [5, 5.41) is 11.0. The summed E-state index contributed by atoms with van der Waals surface area (Å²) < 4.78 is 10.3. The molecule has 1 rings (SSSR count). The molecule has 0 spiro atoms. The fourth-order valence-corrected chi connectivity index (χ4v) is 1.65. The zero-order valence-corrected chi connectivity index (χ0v) is 10.6. The lowest BCUT2D eigenvalue weighted by Gasteiger charge is -2.32. The largest absolute Gasteiger partial charge is 0.480 e. The molecule has 2 amide bonds. The number of hydrogen-bond acceptors (Lipinski definition) is 4. The molecule has 7 nitrogen and oxygen atoms in total. The van der Waals surface area contributed by atoms with E-state index >= 15 is 0 Å². The van der Waals surface area contributed by atoms with E-state index in [0.717, 1.165) is 6.42 Å². The molecule has 0 saturated carbocycles. The summed E-state index contributed by atoms with van der Waals surface area (Å²) in [6.45, 7) is 3.91. The molecular weight excluding hydrogens is 240 g/mol. The molecule has 7 heteroatoms. The number of urea groups is 1. The Morgan fingerprint density at radius 3 is 3.00 bits per heavy atom. The van der Waals surface area contributed by atoms with Gasteiger partial charge in [-0.15, -0.1) is 0 Å². The highest BCUT2D eigenvalue weighted by molar-refractivity contribution is 5.74. The molecular formula is C11H20N2O5. The lowest BCUT2D eigenvalue weighted by molar-refractivity contribution is -0.142. The van der Waals surface area contributed by atoms with Gasteiger partial charge in [0.2, 0.25) is 0 Å². The Hall–Kier alpha value is -1.34. The van der Waals surface area contributed by atoms with Crippen LogP contribution in [-0.4, -0.2) is 67.6 Å². The predicted octanol–water partition coefficient (Wildman–Crippen LogP) is -0.0920. The van der Waals surface area contributed by atoms with E-state index in [1.165, 1.54) is 0 Å². The fourth-order valence-electron chi connectivity index (χ4n) is 1.65. The second-order valence-electron chi connectivity index (χ2n) is 4.03. The number of amides is 2. The number of rotatable bonds is 6. The van der Waals surface area contributed by atoms with Crippen LogP contribution in [0.4, 0.5) is 4.79 Å². The van der Waals surface area contributed by atoms with Crippen molar-refractivity contribution in [2.75, 3.05) is 39.5 Å². The Labute approximate surface area is 106 Å². The van der Waals surface area contributed by atoms with E-state index in [4.69, 9.17) is 14.6 Å². The summed E-state index contributed by atoms with van der Waals surface area (Å²) in [5.41, 5.74) is 0. The molecule has 1 fully saturated rings. The van der Waals surface area contributed by atoms with Crippen molar-refractivity contribution in [2.45, 2.75) is 19.4 Å². The third-order valence-corrected chi connectivity index (χ3v) is 2.63. The van der Waals surface area contributed by atoms with Gasteiger partial charge in [0.1, 0.15) is 6.61 Å². The minimum atomic E-state index is -1.01. The molecule has 1 aliphatic rings. The molecule has 1 unspecified atom stereocenters. The minimum absolute atomic E-state index is 0.104. The Morgan fingerprint density at radius 1 is 1.56 bits per heavy atom. The van der Waals surface area contributed by atoms with Crippen LogP contribution in [0.25, 0.3) is 0 Å². The van der Waals surface area contributed by atoms with Crippen molar-refractivity contribution in [3.05, 3.63) is 0 Å². The Balaban J connectivity index is 2.14. The number of carboxylic acids is 1. The average Bonchev–Trinajstić information content (AvgIpc) is 2.37. The van der Waals surface area contributed by atoms with Crippen LogP contribution in [-0.2, 0) is 14.3 Å². The predicted molar refractivity (Wildman–Crippen MR) is 63.5 cm³/mol. The van der Waals surface area contributed by atoms with Crippen LogP contribution in [0.3, 0.4) is 0 Å². The number of hydrogen-bond donors (Lipinski definition) is 2. The van der Waals surface area contributed by atoms with Gasteiger partial charge in [-0.1, -0.05) is 6.92 Å². The quantitative estimate of drug-likeness (QED) is 0.651. The van der Waals surface area contributed by atoms with Gasteiger partial charge in [-0.2, -0.15) is 0 Å². The summed E-state index contributed by atoms with van der Waals surface area (Å²) in [5.74, 6) is -1.01. The maximum Gasteiger partial charge on any atom is 0.329 e. The van der Waals surface area contributed by atoms with Gasteiger partial charge in [0.25, 0.3) is 0 Å². The third kappa shape index (κ3) is 5.33. The van der Waals surface area contributed by atoms with Crippen LogP contribution in [0, 0.1) is 0 Å². The van der Waals surface area contributed by atoms with Gasteiger partial charge in [0, 0.05) is 19.6 Å². The van der Waals surface area contributed by atoms with Gasteiger partial charge in [-0.05, 0) is 6.42 Å². The van der Waals surface area contributed by atoms with Crippen LogP contribution in [0.15, 0.2) is 0 Å². The highest BCUT2D eigenvalue weighted by Crippen LogP contribution is 2.07. The van der Waals surface area contributed by atoms with E-state index < -0.39 is 5.97 Å². The van der Waals surface area contributed by atoms with Gasteiger partial charge in [-0.25, -0.2) is 9.59 Å². The second-order valence-corrected chi connectivity index (χ2v) is 4.03. The zero-order valence-electron chi connectivity index (χ0n) is 10.6. The van der Waals surface area contributed by atoms with Crippen LogP contribution < -0.4 is 5.32 Å². The van der Waals surface area contributed by atoms with E-state index in [1.54, 1.807) is 4.90 Å². The lowest BCUT2D eigenvalue weighted by Crippen LogP contribution is -2.50. The van der Waals surface area contributed by atoms with Crippen molar-refractivity contribution < 1.29 is 24.2 Å². The molecule has 1 saturated heterocycles. The molecule has 104 valence electrons. The van der Waals surface area contributed by atoms with Crippen LogP contribution in [0.5, 0.6) is 0 Å². The summed E-state index contributed by atoms with van der Waals surface area (Å²) in [6.07, 6.45) is 0.985. The number of nitrogens with one attached hydrogen (secondary N) is 1. The van der Waals surface area contributed by atoms with Crippen molar-refractivity contribution in [2.24, 2.45) is 0 Å². The van der Waals surface area contributed by atoms with Crippen molar-refractivity contribution in [1.82, 2.24) is 10.2 Å². The minimum Gasteiger partial charge on any atom is -0.480 e. The first kappa shape index (κ1) is 14.7. The van der Waals surface area contributed by atoms with Gasteiger partial charge < -0.3 is 24.8 Å². The smallest absolute Gasteiger partial charge is 0.329 e. The first-order valence-electron chi connectivity index (χ1n) is 6.07. The number of nitrogens with zero attached hydrogens (tertiary/aromatic N) is 1. The third-order valence-electron chi connectivity index (χ3n) is 2.63. The zero-order chi connectivity index (χ0) is 13.4. The first-order chi connectivity index (χ1) is 8.63. The van der Waals surface area contributed by atoms with Gasteiger partial charge >= 0.3 is 12.0 Å². The topological polar surface area (TPSA) is 88.1 Å². The van der Waals surface area contributed by atoms with E-state index in [9.17, 15) is 9.59 Å².